The zero-order valence-corrected chi connectivity index (χ0v) is 13.7. The van der Waals surface area contributed by atoms with Crippen LogP contribution in [0.25, 0.3) is 0 Å². The van der Waals surface area contributed by atoms with Crippen molar-refractivity contribution in [3.8, 4) is 0 Å². The van der Waals surface area contributed by atoms with Crippen LogP contribution in [0.4, 0.5) is 5.69 Å². The number of halogens is 2. The third-order valence-corrected chi connectivity index (χ3v) is 4.15. The van der Waals surface area contributed by atoms with Gasteiger partial charge in [-0.05, 0) is 37.5 Å². The van der Waals surface area contributed by atoms with E-state index < -0.39 is 0 Å². The molecule has 0 saturated carbocycles. The van der Waals surface area contributed by atoms with Gasteiger partial charge in [-0.1, -0.05) is 6.07 Å². The van der Waals surface area contributed by atoms with Crippen LogP contribution in [0.3, 0.4) is 0 Å². The quantitative estimate of drug-likeness (QED) is 0.745. The fourth-order valence-electron chi connectivity index (χ4n) is 2.69. The van der Waals surface area contributed by atoms with Crippen LogP contribution in [-0.4, -0.2) is 48.7 Å². The van der Waals surface area contributed by atoms with Crippen molar-refractivity contribution in [3.63, 3.8) is 0 Å². The molecule has 1 aromatic carbocycles. The number of nitrogens with zero attached hydrogens (tertiary/aromatic N) is 2. The summed E-state index contributed by atoms with van der Waals surface area (Å²) in [6.07, 6.45) is 3.44. The predicted octanol–water partition coefficient (Wildman–Crippen LogP) is 3.60. The van der Waals surface area contributed by atoms with Gasteiger partial charge in [-0.2, -0.15) is 0 Å². The summed E-state index contributed by atoms with van der Waals surface area (Å²) in [4.78, 5) is 16.6. The Morgan fingerprint density at radius 1 is 1.10 bits per heavy atom. The van der Waals surface area contributed by atoms with Crippen LogP contribution in [0.2, 0.25) is 0 Å². The van der Waals surface area contributed by atoms with E-state index in [4.69, 9.17) is 23.2 Å². The average Bonchev–Trinajstić information content (AvgIpc) is 2.55. The number of carbonyl (C=O) groups is 1. The van der Waals surface area contributed by atoms with Gasteiger partial charge in [0.15, 0.2) is 0 Å². The number of anilines is 1. The number of hydrogen-bond donors (Lipinski definition) is 0. The maximum Gasteiger partial charge on any atom is 0.253 e. The first kappa shape index (κ1) is 16.4. The maximum absolute atomic E-state index is 12.5. The topological polar surface area (TPSA) is 23.6 Å². The number of rotatable bonds is 6. The van der Waals surface area contributed by atoms with Crippen molar-refractivity contribution in [1.82, 2.24) is 4.90 Å². The minimum absolute atomic E-state index is 0.133. The summed E-state index contributed by atoms with van der Waals surface area (Å²) in [6, 6.07) is 7.78. The van der Waals surface area contributed by atoms with Crippen LogP contribution in [0, 0.1) is 0 Å². The molecule has 1 aliphatic rings. The second-order valence-corrected chi connectivity index (χ2v) is 6.02. The zero-order chi connectivity index (χ0) is 15.1. The van der Waals surface area contributed by atoms with E-state index in [2.05, 4.69) is 4.90 Å². The summed E-state index contributed by atoms with van der Waals surface area (Å²) in [5.41, 5.74) is 1.77. The van der Waals surface area contributed by atoms with Gasteiger partial charge < -0.3 is 9.80 Å². The van der Waals surface area contributed by atoms with E-state index in [1.54, 1.807) is 0 Å². The summed E-state index contributed by atoms with van der Waals surface area (Å²) in [5, 5.41) is 0. The van der Waals surface area contributed by atoms with Gasteiger partial charge in [-0.3, -0.25) is 4.79 Å². The molecule has 0 N–H and O–H groups in total. The summed E-state index contributed by atoms with van der Waals surface area (Å²) < 4.78 is 0. The summed E-state index contributed by atoms with van der Waals surface area (Å²) in [6.45, 7) is 3.21. The van der Waals surface area contributed by atoms with Gasteiger partial charge in [0, 0.05) is 49.2 Å². The molecule has 0 aromatic heterocycles. The van der Waals surface area contributed by atoms with E-state index in [1.165, 1.54) is 6.42 Å². The number of hydrogen-bond acceptors (Lipinski definition) is 2. The molecule has 0 bridgehead atoms. The molecule has 0 spiro atoms. The lowest BCUT2D eigenvalue weighted by Gasteiger charge is -2.28. The summed E-state index contributed by atoms with van der Waals surface area (Å²) >= 11 is 11.7. The Bertz CT molecular complexity index is 455. The second-order valence-electron chi connectivity index (χ2n) is 5.27. The third kappa shape index (κ3) is 4.52. The molecular weight excluding hydrogens is 307 g/mol. The molecule has 21 heavy (non-hydrogen) atoms. The first-order valence-electron chi connectivity index (χ1n) is 7.52. The van der Waals surface area contributed by atoms with Crippen molar-refractivity contribution in [2.24, 2.45) is 0 Å². The SMILES string of the molecule is O=C(c1cccc(N(CCCl)CCCl)c1)N1CCCCC1. The smallest absolute Gasteiger partial charge is 0.253 e. The molecule has 1 heterocycles. The van der Waals surface area contributed by atoms with Gasteiger partial charge in [0.25, 0.3) is 5.91 Å². The van der Waals surface area contributed by atoms with E-state index in [0.717, 1.165) is 50.3 Å². The molecule has 3 nitrogen and oxygen atoms in total. The molecular formula is C16H22Cl2N2O. The number of carbonyl (C=O) groups excluding carboxylic acids is 1. The van der Waals surface area contributed by atoms with Crippen LogP contribution in [0.15, 0.2) is 24.3 Å². The molecule has 1 aliphatic heterocycles. The molecule has 0 unspecified atom stereocenters. The first-order chi connectivity index (χ1) is 10.3. The van der Waals surface area contributed by atoms with Crippen molar-refractivity contribution in [2.45, 2.75) is 19.3 Å². The number of likely N-dealkylation sites (tertiary alicyclic amines) is 1. The van der Waals surface area contributed by atoms with E-state index in [-0.39, 0.29) is 5.91 Å². The van der Waals surface area contributed by atoms with Crippen LogP contribution >= 0.6 is 23.2 Å². The van der Waals surface area contributed by atoms with E-state index in [1.807, 2.05) is 29.2 Å². The van der Waals surface area contributed by atoms with Crippen molar-refractivity contribution in [2.75, 3.05) is 42.8 Å². The Hall–Kier alpha value is -0.930. The Morgan fingerprint density at radius 3 is 2.38 bits per heavy atom. The van der Waals surface area contributed by atoms with Gasteiger partial charge in [0.2, 0.25) is 0 Å². The lowest BCUT2D eigenvalue weighted by atomic mass is 10.1. The Kier molecular flexibility index (Phi) is 6.65. The minimum atomic E-state index is 0.133. The van der Waals surface area contributed by atoms with Crippen LogP contribution < -0.4 is 4.90 Å². The highest BCUT2D eigenvalue weighted by molar-refractivity contribution is 6.18. The summed E-state index contributed by atoms with van der Waals surface area (Å²) in [7, 11) is 0. The van der Waals surface area contributed by atoms with Gasteiger partial charge in [-0.15, -0.1) is 23.2 Å². The van der Waals surface area contributed by atoms with E-state index >= 15 is 0 Å². The van der Waals surface area contributed by atoms with Gasteiger partial charge >= 0.3 is 0 Å². The first-order valence-corrected chi connectivity index (χ1v) is 8.59. The standard InChI is InChI=1S/C16H22Cl2N2O/c17-7-11-19(12-8-18)15-6-4-5-14(13-15)16(21)20-9-2-1-3-10-20/h4-6,13H,1-3,7-12H2. The normalized spacial score (nSPS) is 15.0. The molecule has 1 aromatic rings. The molecule has 1 fully saturated rings. The van der Waals surface area contributed by atoms with Crippen molar-refractivity contribution in [1.29, 1.82) is 0 Å². The Morgan fingerprint density at radius 2 is 1.76 bits per heavy atom. The van der Waals surface area contributed by atoms with E-state index in [0.29, 0.717) is 11.8 Å². The lowest BCUT2D eigenvalue weighted by Crippen LogP contribution is -2.35. The zero-order valence-electron chi connectivity index (χ0n) is 12.2. The fraction of sp³-hybridized carbons (Fsp3) is 0.562. The van der Waals surface area contributed by atoms with Crippen molar-refractivity contribution in [3.05, 3.63) is 29.8 Å². The minimum Gasteiger partial charge on any atom is -0.369 e. The largest absolute Gasteiger partial charge is 0.369 e. The van der Waals surface area contributed by atoms with Gasteiger partial charge in [0.05, 0.1) is 0 Å². The van der Waals surface area contributed by atoms with E-state index in [9.17, 15) is 4.79 Å². The number of alkyl halides is 2. The Labute approximate surface area is 136 Å². The highest BCUT2D eigenvalue weighted by atomic mass is 35.5. The second kappa shape index (κ2) is 8.50. The molecule has 5 heteroatoms. The van der Waals surface area contributed by atoms with Crippen LogP contribution in [-0.2, 0) is 0 Å². The molecule has 1 saturated heterocycles. The van der Waals surface area contributed by atoms with Crippen LogP contribution in [0.1, 0.15) is 29.6 Å². The Balaban J connectivity index is 2.13. The summed E-state index contributed by atoms with van der Waals surface area (Å²) in [5.74, 6) is 1.22. The highest BCUT2D eigenvalue weighted by Crippen LogP contribution is 2.19. The monoisotopic (exact) mass is 328 g/mol. The average molecular weight is 329 g/mol. The fourth-order valence-corrected chi connectivity index (χ4v) is 3.10. The van der Waals surface area contributed by atoms with Crippen molar-refractivity contribution < 1.29 is 4.79 Å². The molecule has 1 amide bonds. The molecule has 0 radical (unpaired) electrons. The number of amides is 1. The lowest BCUT2D eigenvalue weighted by molar-refractivity contribution is 0.0724. The number of piperidine rings is 1. The highest BCUT2D eigenvalue weighted by Gasteiger charge is 2.18. The maximum atomic E-state index is 12.5. The van der Waals surface area contributed by atoms with Crippen molar-refractivity contribution >= 4 is 34.8 Å². The van der Waals surface area contributed by atoms with Gasteiger partial charge in [0.1, 0.15) is 0 Å². The predicted molar refractivity (Wildman–Crippen MR) is 89.8 cm³/mol. The molecule has 2 rings (SSSR count). The number of benzene rings is 1. The molecule has 0 aliphatic carbocycles. The van der Waals surface area contributed by atoms with Gasteiger partial charge in [-0.25, -0.2) is 0 Å². The third-order valence-electron chi connectivity index (χ3n) is 3.81. The molecule has 116 valence electrons. The van der Waals surface area contributed by atoms with Crippen LogP contribution in [0.5, 0.6) is 0 Å². The molecule has 0 atom stereocenters.